The molecule has 4 nitrogen and oxygen atoms in total. The first-order chi connectivity index (χ1) is 10.7. The maximum absolute atomic E-state index is 12.1. The summed E-state index contributed by atoms with van der Waals surface area (Å²) >= 11 is 0. The molecule has 4 heteroatoms. The van der Waals surface area contributed by atoms with E-state index in [-0.39, 0.29) is 17.5 Å². The normalized spacial score (nSPS) is 15.1. The van der Waals surface area contributed by atoms with Gasteiger partial charge in [-0.15, -0.1) is 0 Å². The van der Waals surface area contributed by atoms with Gasteiger partial charge in [-0.2, -0.15) is 5.26 Å². The van der Waals surface area contributed by atoms with E-state index < -0.39 is 0 Å². The standard InChI is InChI=1S/C18H20N2O2/c1-2-11-22-17-9-7-14(8-10-17)12-15(13-19)18(21)20-16-5-3-4-6-16/h2,7-10,12,16H,1,3-6,11H2,(H,20,21)/b15-12-. The summed E-state index contributed by atoms with van der Waals surface area (Å²) in [6, 6.07) is 9.43. The van der Waals surface area contributed by atoms with Gasteiger partial charge >= 0.3 is 0 Å². The Morgan fingerprint density at radius 2 is 2.05 bits per heavy atom. The van der Waals surface area contributed by atoms with Gasteiger partial charge in [-0.25, -0.2) is 0 Å². The Morgan fingerprint density at radius 3 is 2.64 bits per heavy atom. The average Bonchev–Trinajstić information content (AvgIpc) is 3.04. The van der Waals surface area contributed by atoms with Crippen LogP contribution < -0.4 is 10.1 Å². The minimum Gasteiger partial charge on any atom is -0.490 e. The number of amides is 1. The molecule has 1 saturated carbocycles. The van der Waals surface area contributed by atoms with Crippen LogP contribution in [0, 0.1) is 11.3 Å². The Labute approximate surface area is 131 Å². The molecule has 0 unspecified atom stereocenters. The molecule has 1 aliphatic rings. The van der Waals surface area contributed by atoms with Gasteiger partial charge < -0.3 is 10.1 Å². The Kier molecular flexibility index (Phi) is 5.79. The van der Waals surface area contributed by atoms with Gasteiger partial charge in [-0.1, -0.05) is 37.6 Å². The largest absolute Gasteiger partial charge is 0.490 e. The maximum Gasteiger partial charge on any atom is 0.262 e. The summed E-state index contributed by atoms with van der Waals surface area (Å²) in [4.78, 5) is 12.1. The molecular weight excluding hydrogens is 276 g/mol. The van der Waals surface area contributed by atoms with E-state index in [2.05, 4.69) is 11.9 Å². The van der Waals surface area contributed by atoms with Gasteiger partial charge in [0, 0.05) is 6.04 Å². The Bertz CT molecular complexity index is 591. The van der Waals surface area contributed by atoms with E-state index in [4.69, 9.17) is 4.74 Å². The summed E-state index contributed by atoms with van der Waals surface area (Å²) in [7, 11) is 0. The van der Waals surface area contributed by atoms with Gasteiger partial charge in [0.1, 0.15) is 24.0 Å². The van der Waals surface area contributed by atoms with E-state index in [9.17, 15) is 10.1 Å². The lowest BCUT2D eigenvalue weighted by atomic mass is 10.1. The molecule has 0 spiro atoms. The van der Waals surface area contributed by atoms with Crippen LogP contribution in [0.5, 0.6) is 5.75 Å². The van der Waals surface area contributed by atoms with Gasteiger partial charge in [-0.3, -0.25) is 4.79 Å². The van der Waals surface area contributed by atoms with Gasteiger partial charge in [0.25, 0.3) is 5.91 Å². The molecule has 0 bridgehead atoms. The molecule has 0 aliphatic heterocycles. The van der Waals surface area contributed by atoms with E-state index in [1.165, 1.54) is 0 Å². The van der Waals surface area contributed by atoms with Crippen LogP contribution in [0.1, 0.15) is 31.2 Å². The fourth-order valence-corrected chi connectivity index (χ4v) is 2.46. The van der Waals surface area contributed by atoms with Crippen LogP contribution in [0.3, 0.4) is 0 Å². The molecule has 0 saturated heterocycles. The molecule has 1 N–H and O–H groups in total. The summed E-state index contributed by atoms with van der Waals surface area (Å²) in [5, 5.41) is 12.1. The molecule has 114 valence electrons. The molecule has 1 amide bonds. The number of rotatable bonds is 6. The summed E-state index contributed by atoms with van der Waals surface area (Å²) in [5.74, 6) is 0.437. The number of hydrogen-bond donors (Lipinski definition) is 1. The zero-order valence-electron chi connectivity index (χ0n) is 12.5. The fraction of sp³-hybridized carbons (Fsp3) is 0.333. The third kappa shape index (κ3) is 4.49. The number of carbonyl (C=O) groups excluding carboxylic acids is 1. The van der Waals surface area contributed by atoms with Crippen molar-refractivity contribution in [1.82, 2.24) is 5.32 Å². The number of nitrogens with one attached hydrogen (secondary N) is 1. The van der Waals surface area contributed by atoms with Gasteiger partial charge in [-0.05, 0) is 36.6 Å². The number of ether oxygens (including phenoxy) is 1. The summed E-state index contributed by atoms with van der Waals surface area (Å²) in [6.07, 6.45) is 7.56. The molecule has 0 radical (unpaired) electrons. The highest BCUT2D eigenvalue weighted by Crippen LogP contribution is 2.19. The first-order valence-electron chi connectivity index (χ1n) is 7.49. The second kappa shape index (κ2) is 8.04. The predicted octanol–water partition coefficient (Wildman–Crippen LogP) is 3.22. The molecule has 0 heterocycles. The lowest BCUT2D eigenvalue weighted by molar-refractivity contribution is -0.117. The van der Waals surface area contributed by atoms with E-state index >= 15 is 0 Å². The SMILES string of the molecule is C=CCOc1ccc(/C=C(/C#N)C(=O)NC2CCCC2)cc1. The predicted molar refractivity (Wildman–Crippen MR) is 86.1 cm³/mol. The van der Waals surface area contributed by atoms with E-state index in [1.54, 1.807) is 24.3 Å². The van der Waals surface area contributed by atoms with Gasteiger partial charge in [0.2, 0.25) is 0 Å². The van der Waals surface area contributed by atoms with Crippen molar-refractivity contribution in [1.29, 1.82) is 5.26 Å². The topological polar surface area (TPSA) is 62.1 Å². The van der Waals surface area contributed by atoms with Crippen molar-refractivity contribution in [3.63, 3.8) is 0 Å². The Hall–Kier alpha value is -2.54. The smallest absolute Gasteiger partial charge is 0.262 e. The minimum absolute atomic E-state index is 0.131. The zero-order valence-corrected chi connectivity index (χ0v) is 12.5. The number of nitriles is 1. The van der Waals surface area contributed by atoms with E-state index in [0.717, 1.165) is 37.0 Å². The van der Waals surface area contributed by atoms with Crippen LogP contribution in [0.25, 0.3) is 6.08 Å². The minimum atomic E-state index is -0.290. The van der Waals surface area contributed by atoms with Crippen molar-refractivity contribution < 1.29 is 9.53 Å². The fourth-order valence-electron chi connectivity index (χ4n) is 2.46. The molecule has 0 atom stereocenters. The number of benzene rings is 1. The number of hydrogen-bond acceptors (Lipinski definition) is 3. The second-order valence-corrected chi connectivity index (χ2v) is 5.29. The van der Waals surface area contributed by atoms with Crippen LogP contribution in [-0.4, -0.2) is 18.6 Å². The first-order valence-corrected chi connectivity index (χ1v) is 7.49. The quantitative estimate of drug-likeness (QED) is 0.498. The summed E-state index contributed by atoms with van der Waals surface area (Å²) < 4.78 is 5.39. The van der Waals surface area contributed by atoms with Crippen LogP contribution in [0.4, 0.5) is 0 Å². The van der Waals surface area contributed by atoms with Crippen molar-refractivity contribution in [3.05, 3.63) is 48.1 Å². The van der Waals surface area contributed by atoms with Crippen molar-refractivity contribution >= 4 is 12.0 Å². The summed E-state index contributed by atoms with van der Waals surface area (Å²) in [6.45, 7) is 4.04. The lowest BCUT2D eigenvalue weighted by Gasteiger charge is -2.11. The third-order valence-corrected chi connectivity index (χ3v) is 3.61. The Balaban J connectivity index is 2.02. The molecule has 22 heavy (non-hydrogen) atoms. The molecule has 1 aromatic carbocycles. The molecule has 1 fully saturated rings. The van der Waals surface area contributed by atoms with Gasteiger partial charge in [0.05, 0.1) is 0 Å². The van der Waals surface area contributed by atoms with Crippen LogP contribution >= 0.6 is 0 Å². The average molecular weight is 296 g/mol. The first kappa shape index (κ1) is 15.8. The van der Waals surface area contributed by atoms with Crippen LogP contribution in [0.15, 0.2) is 42.5 Å². The maximum atomic E-state index is 12.1. The third-order valence-electron chi connectivity index (χ3n) is 3.61. The molecule has 1 aliphatic carbocycles. The van der Waals surface area contributed by atoms with E-state index in [1.807, 2.05) is 18.2 Å². The molecule has 1 aromatic rings. The highest BCUT2D eigenvalue weighted by atomic mass is 16.5. The van der Waals surface area contributed by atoms with E-state index in [0.29, 0.717) is 6.61 Å². The Morgan fingerprint density at radius 1 is 1.36 bits per heavy atom. The zero-order chi connectivity index (χ0) is 15.8. The molecule has 0 aromatic heterocycles. The number of nitrogens with zero attached hydrogens (tertiary/aromatic N) is 1. The number of carbonyl (C=O) groups is 1. The van der Waals surface area contributed by atoms with Crippen molar-refractivity contribution in [2.24, 2.45) is 0 Å². The second-order valence-electron chi connectivity index (χ2n) is 5.29. The van der Waals surface area contributed by atoms with Gasteiger partial charge in [0.15, 0.2) is 0 Å². The van der Waals surface area contributed by atoms with Crippen LogP contribution in [-0.2, 0) is 4.79 Å². The molecular formula is C18H20N2O2. The van der Waals surface area contributed by atoms with Crippen molar-refractivity contribution in [2.75, 3.05) is 6.61 Å². The van der Waals surface area contributed by atoms with Crippen molar-refractivity contribution in [3.8, 4) is 11.8 Å². The van der Waals surface area contributed by atoms with Crippen LogP contribution in [0.2, 0.25) is 0 Å². The molecule has 2 rings (SSSR count). The monoisotopic (exact) mass is 296 g/mol. The summed E-state index contributed by atoms with van der Waals surface area (Å²) in [5.41, 5.74) is 0.927. The highest BCUT2D eigenvalue weighted by Gasteiger charge is 2.19. The highest BCUT2D eigenvalue weighted by molar-refractivity contribution is 6.01. The van der Waals surface area contributed by atoms with Crippen molar-refractivity contribution in [2.45, 2.75) is 31.7 Å². The lowest BCUT2D eigenvalue weighted by Crippen LogP contribution is -2.33.